The molecule has 0 bridgehead atoms. The molecule has 108 valence electrons. The SMILES string of the molecule is COC(=O)CN(CC(=O)OC)C(=O)CC1CCCC1. The minimum atomic E-state index is -0.538. The van der Waals surface area contributed by atoms with E-state index in [9.17, 15) is 14.4 Å². The van der Waals surface area contributed by atoms with E-state index in [1.807, 2.05) is 0 Å². The third-order valence-corrected chi connectivity index (χ3v) is 3.39. The van der Waals surface area contributed by atoms with E-state index in [2.05, 4.69) is 9.47 Å². The van der Waals surface area contributed by atoms with Gasteiger partial charge in [0.2, 0.25) is 5.91 Å². The Bertz CT molecular complexity index is 318. The molecule has 6 nitrogen and oxygen atoms in total. The van der Waals surface area contributed by atoms with E-state index in [1.54, 1.807) is 0 Å². The van der Waals surface area contributed by atoms with Crippen LogP contribution in [0.3, 0.4) is 0 Å². The van der Waals surface area contributed by atoms with Crippen LogP contribution in [0.25, 0.3) is 0 Å². The number of nitrogens with zero attached hydrogens (tertiary/aromatic N) is 1. The number of hydrogen-bond acceptors (Lipinski definition) is 5. The number of carbonyl (C=O) groups excluding carboxylic acids is 3. The molecule has 0 unspecified atom stereocenters. The minimum Gasteiger partial charge on any atom is -0.468 e. The number of esters is 2. The van der Waals surface area contributed by atoms with Crippen LogP contribution < -0.4 is 0 Å². The molecule has 1 rings (SSSR count). The highest BCUT2D eigenvalue weighted by molar-refractivity contribution is 5.86. The van der Waals surface area contributed by atoms with Gasteiger partial charge in [-0.3, -0.25) is 14.4 Å². The average Bonchev–Trinajstić information content (AvgIpc) is 2.90. The van der Waals surface area contributed by atoms with Crippen LogP contribution in [-0.2, 0) is 23.9 Å². The van der Waals surface area contributed by atoms with Crippen molar-refractivity contribution in [3.05, 3.63) is 0 Å². The Hall–Kier alpha value is -1.59. The summed E-state index contributed by atoms with van der Waals surface area (Å²) in [5, 5.41) is 0. The molecule has 0 aromatic carbocycles. The van der Waals surface area contributed by atoms with Crippen LogP contribution in [0.5, 0.6) is 0 Å². The second kappa shape index (κ2) is 7.76. The maximum absolute atomic E-state index is 12.1. The summed E-state index contributed by atoms with van der Waals surface area (Å²) in [6.07, 6.45) is 4.75. The largest absolute Gasteiger partial charge is 0.468 e. The first kappa shape index (κ1) is 15.5. The van der Waals surface area contributed by atoms with Gasteiger partial charge in [-0.15, -0.1) is 0 Å². The summed E-state index contributed by atoms with van der Waals surface area (Å²) in [6.45, 7) is -0.422. The molecule has 0 heterocycles. The normalized spacial score (nSPS) is 15.1. The molecule has 19 heavy (non-hydrogen) atoms. The monoisotopic (exact) mass is 271 g/mol. The van der Waals surface area contributed by atoms with E-state index in [-0.39, 0.29) is 19.0 Å². The number of amides is 1. The molecule has 0 spiro atoms. The van der Waals surface area contributed by atoms with Crippen molar-refractivity contribution in [2.75, 3.05) is 27.3 Å². The van der Waals surface area contributed by atoms with Crippen LogP contribution >= 0.6 is 0 Å². The first-order valence-electron chi connectivity index (χ1n) is 6.48. The number of carbonyl (C=O) groups is 3. The Morgan fingerprint density at radius 1 is 1.00 bits per heavy atom. The van der Waals surface area contributed by atoms with Crippen molar-refractivity contribution in [1.29, 1.82) is 0 Å². The lowest BCUT2D eigenvalue weighted by Gasteiger charge is -2.21. The van der Waals surface area contributed by atoms with Gasteiger partial charge in [0.15, 0.2) is 0 Å². The Morgan fingerprint density at radius 3 is 1.89 bits per heavy atom. The molecule has 0 saturated heterocycles. The quantitative estimate of drug-likeness (QED) is 0.666. The first-order chi connectivity index (χ1) is 9.06. The van der Waals surface area contributed by atoms with Crippen molar-refractivity contribution in [3.63, 3.8) is 0 Å². The Kier molecular flexibility index (Phi) is 6.32. The van der Waals surface area contributed by atoms with Crippen molar-refractivity contribution < 1.29 is 23.9 Å². The molecule has 6 heteroatoms. The first-order valence-corrected chi connectivity index (χ1v) is 6.48. The predicted molar refractivity (Wildman–Crippen MR) is 67.2 cm³/mol. The molecule has 0 N–H and O–H groups in total. The molecule has 0 aromatic rings. The third-order valence-electron chi connectivity index (χ3n) is 3.39. The lowest BCUT2D eigenvalue weighted by Crippen LogP contribution is -2.40. The zero-order chi connectivity index (χ0) is 14.3. The van der Waals surface area contributed by atoms with Crippen LogP contribution in [0, 0.1) is 5.92 Å². The average molecular weight is 271 g/mol. The molecular formula is C13H21NO5. The van der Waals surface area contributed by atoms with Gasteiger partial charge < -0.3 is 14.4 Å². The van der Waals surface area contributed by atoms with Crippen LogP contribution in [0.1, 0.15) is 32.1 Å². The van der Waals surface area contributed by atoms with E-state index in [1.165, 1.54) is 19.1 Å². The van der Waals surface area contributed by atoms with Gasteiger partial charge in [0.05, 0.1) is 14.2 Å². The molecule has 1 fully saturated rings. The lowest BCUT2D eigenvalue weighted by molar-refractivity contribution is -0.152. The van der Waals surface area contributed by atoms with E-state index in [4.69, 9.17) is 0 Å². The van der Waals surface area contributed by atoms with Crippen molar-refractivity contribution in [1.82, 2.24) is 4.90 Å². The van der Waals surface area contributed by atoms with E-state index in [0.717, 1.165) is 25.7 Å². The van der Waals surface area contributed by atoms with Gasteiger partial charge in [-0.2, -0.15) is 0 Å². The van der Waals surface area contributed by atoms with Gasteiger partial charge in [-0.05, 0) is 18.8 Å². The molecule has 0 atom stereocenters. The standard InChI is InChI=1S/C13H21NO5/c1-18-12(16)8-14(9-13(17)19-2)11(15)7-10-5-3-4-6-10/h10H,3-9H2,1-2H3. The van der Waals surface area contributed by atoms with Crippen LogP contribution in [0.15, 0.2) is 0 Å². The van der Waals surface area contributed by atoms with Crippen LogP contribution in [0.4, 0.5) is 0 Å². The predicted octanol–water partition coefficient (Wildman–Crippen LogP) is 0.741. The fraction of sp³-hybridized carbons (Fsp3) is 0.769. The molecule has 0 aromatic heterocycles. The highest BCUT2D eigenvalue weighted by Crippen LogP contribution is 2.28. The number of rotatable bonds is 6. The molecule has 0 radical (unpaired) electrons. The van der Waals surface area contributed by atoms with Gasteiger partial charge >= 0.3 is 11.9 Å². The Labute approximate surface area is 113 Å². The van der Waals surface area contributed by atoms with E-state index >= 15 is 0 Å². The van der Waals surface area contributed by atoms with Crippen LogP contribution in [-0.4, -0.2) is 50.1 Å². The summed E-state index contributed by atoms with van der Waals surface area (Å²) >= 11 is 0. The fourth-order valence-electron chi connectivity index (χ4n) is 2.26. The van der Waals surface area contributed by atoms with Gasteiger partial charge in [-0.1, -0.05) is 12.8 Å². The van der Waals surface area contributed by atoms with Crippen LogP contribution in [0.2, 0.25) is 0 Å². The zero-order valence-corrected chi connectivity index (χ0v) is 11.5. The van der Waals surface area contributed by atoms with Crippen molar-refractivity contribution in [2.24, 2.45) is 5.92 Å². The van der Waals surface area contributed by atoms with Crippen molar-refractivity contribution in [2.45, 2.75) is 32.1 Å². The number of ether oxygens (including phenoxy) is 2. The Balaban J connectivity index is 2.56. The number of hydrogen-bond donors (Lipinski definition) is 0. The number of methoxy groups -OCH3 is 2. The summed E-state index contributed by atoms with van der Waals surface area (Å²) in [4.78, 5) is 35.8. The maximum Gasteiger partial charge on any atom is 0.325 e. The minimum absolute atomic E-state index is 0.192. The highest BCUT2D eigenvalue weighted by atomic mass is 16.5. The summed E-state index contributed by atoms with van der Waals surface area (Å²) in [7, 11) is 2.50. The molecule has 1 saturated carbocycles. The molecule has 0 aliphatic heterocycles. The second-order valence-electron chi connectivity index (χ2n) is 4.76. The maximum atomic E-state index is 12.1. The lowest BCUT2D eigenvalue weighted by atomic mass is 10.0. The van der Waals surface area contributed by atoms with Crippen molar-refractivity contribution >= 4 is 17.8 Å². The summed E-state index contributed by atoms with van der Waals surface area (Å²) in [5.74, 6) is -0.902. The summed E-state index contributed by atoms with van der Waals surface area (Å²) < 4.78 is 9.06. The summed E-state index contributed by atoms with van der Waals surface area (Å²) in [5.41, 5.74) is 0. The smallest absolute Gasteiger partial charge is 0.325 e. The Morgan fingerprint density at radius 2 is 1.47 bits per heavy atom. The second-order valence-corrected chi connectivity index (χ2v) is 4.76. The van der Waals surface area contributed by atoms with Gasteiger partial charge in [0, 0.05) is 6.42 Å². The van der Waals surface area contributed by atoms with Gasteiger partial charge in [0.1, 0.15) is 13.1 Å². The molecule has 1 aliphatic rings. The van der Waals surface area contributed by atoms with E-state index < -0.39 is 11.9 Å². The van der Waals surface area contributed by atoms with Crippen molar-refractivity contribution in [3.8, 4) is 0 Å². The van der Waals surface area contributed by atoms with Gasteiger partial charge in [0.25, 0.3) is 0 Å². The fourth-order valence-corrected chi connectivity index (χ4v) is 2.26. The third kappa shape index (κ3) is 5.28. The highest BCUT2D eigenvalue weighted by Gasteiger charge is 2.25. The summed E-state index contributed by atoms with van der Waals surface area (Å²) in [6, 6.07) is 0. The zero-order valence-electron chi connectivity index (χ0n) is 11.5. The van der Waals surface area contributed by atoms with Gasteiger partial charge in [-0.25, -0.2) is 0 Å². The molecule has 1 aliphatic carbocycles. The molecular weight excluding hydrogens is 250 g/mol. The van der Waals surface area contributed by atoms with E-state index in [0.29, 0.717) is 12.3 Å². The topological polar surface area (TPSA) is 72.9 Å². The molecule has 1 amide bonds.